The second-order valence-corrected chi connectivity index (χ2v) is 6.25. The Morgan fingerprint density at radius 1 is 1.41 bits per heavy atom. The molecule has 7 heteroatoms. The van der Waals surface area contributed by atoms with Gasteiger partial charge in [0.15, 0.2) is 17.0 Å². The van der Waals surface area contributed by atoms with E-state index in [9.17, 15) is 9.59 Å². The van der Waals surface area contributed by atoms with Crippen LogP contribution in [0.3, 0.4) is 0 Å². The van der Waals surface area contributed by atoms with Crippen molar-refractivity contribution in [1.82, 2.24) is 4.98 Å². The zero-order chi connectivity index (χ0) is 15.9. The van der Waals surface area contributed by atoms with Crippen molar-refractivity contribution in [3.05, 3.63) is 34.3 Å². The molecule has 2 heterocycles. The molecule has 3 rings (SSSR count). The first-order valence-corrected chi connectivity index (χ1v) is 7.63. The molecule has 22 heavy (non-hydrogen) atoms. The molecule has 1 aromatic carbocycles. The Morgan fingerprint density at radius 3 is 2.86 bits per heavy atom. The third-order valence-corrected chi connectivity index (χ3v) is 4.42. The number of nitrogens with one attached hydrogen (secondary N) is 2. The number of amides is 2. The summed E-state index contributed by atoms with van der Waals surface area (Å²) in [7, 11) is 0. The lowest BCUT2D eigenvalue weighted by Crippen LogP contribution is -2.35. The molecule has 0 aliphatic carbocycles. The lowest BCUT2D eigenvalue weighted by atomic mass is 10.1. The van der Waals surface area contributed by atoms with Gasteiger partial charge in [0.2, 0.25) is 0 Å². The Morgan fingerprint density at radius 2 is 2.18 bits per heavy atom. The Labute approximate surface area is 131 Å². The maximum atomic E-state index is 12.5. The molecule has 1 unspecified atom stereocenters. The number of thiazole rings is 1. The summed E-state index contributed by atoms with van der Waals surface area (Å²) in [6, 6.07) is 5.06. The van der Waals surface area contributed by atoms with Gasteiger partial charge in [-0.05, 0) is 32.9 Å². The summed E-state index contributed by atoms with van der Waals surface area (Å²) >= 11 is 1.42. The number of carbonyl (C=O) groups is 2. The Hall–Kier alpha value is -2.41. The van der Waals surface area contributed by atoms with E-state index in [1.165, 1.54) is 11.3 Å². The fourth-order valence-electron chi connectivity index (χ4n) is 2.10. The fourth-order valence-corrected chi connectivity index (χ4v) is 2.91. The average Bonchev–Trinajstić information content (AvgIpc) is 2.77. The zero-order valence-electron chi connectivity index (χ0n) is 12.4. The van der Waals surface area contributed by atoms with E-state index in [0.29, 0.717) is 22.1 Å². The molecule has 1 atom stereocenters. The summed E-state index contributed by atoms with van der Waals surface area (Å²) < 4.78 is 5.57. The molecule has 1 aliphatic heterocycles. The van der Waals surface area contributed by atoms with Crippen LogP contribution in [0.25, 0.3) is 0 Å². The van der Waals surface area contributed by atoms with Crippen LogP contribution in [-0.4, -0.2) is 22.9 Å². The minimum absolute atomic E-state index is 0.226. The van der Waals surface area contributed by atoms with Crippen molar-refractivity contribution in [3.63, 3.8) is 0 Å². The topological polar surface area (TPSA) is 80.3 Å². The van der Waals surface area contributed by atoms with Crippen LogP contribution in [0, 0.1) is 13.8 Å². The molecule has 6 nitrogen and oxygen atoms in total. The van der Waals surface area contributed by atoms with Gasteiger partial charge in [-0.3, -0.25) is 14.9 Å². The van der Waals surface area contributed by atoms with E-state index in [1.807, 2.05) is 13.8 Å². The molecule has 2 aromatic rings. The summed E-state index contributed by atoms with van der Waals surface area (Å²) in [5.74, 6) is -0.151. The molecule has 1 aromatic heterocycles. The number of benzene rings is 1. The monoisotopic (exact) mass is 317 g/mol. The van der Waals surface area contributed by atoms with E-state index in [0.717, 1.165) is 10.6 Å². The summed E-state index contributed by atoms with van der Waals surface area (Å²) in [5.41, 5.74) is 1.77. The van der Waals surface area contributed by atoms with E-state index in [-0.39, 0.29) is 11.8 Å². The Kier molecular flexibility index (Phi) is 3.58. The first-order chi connectivity index (χ1) is 10.5. The van der Waals surface area contributed by atoms with E-state index in [2.05, 4.69) is 15.6 Å². The van der Waals surface area contributed by atoms with E-state index >= 15 is 0 Å². The maximum Gasteiger partial charge on any atom is 0.265 e. The average molecular weight is 317 g/mol. The van der Waals surface area contributed by atoms with Crippen LogP contribution in [0.2, 0.25) is 0 Å². The molecule has 0 saturated heterocycles. The third-order valence-electron chi connectivity index (χ3n) is 3.43. The predicted octanol–water partition coefficient (Wildman–Crippen LogP) is 2.73. The lowest BCUT2D eigenvalue weighted by molar-refractivity contribution is -0.122. The van der Waals surface area contributed by atoms with Crippen molar-refractivity contribution in [2.24, 2.45) is 0 Å². The van der Waals surface area contributed by atoms with Crippen molar-refractivity contribution in [2.45, 2.75) is 26.9 Å². The number of aromatic nitrogens is 1. The van der Waals surface area contributed by atoms with Gasteiger partial charge < -0.3 is 10.1 Å². The van der Waals surface area contributed by atoms with Crippen LogP contribution in [0.15, 0.2) is 18.2 Å². The van der Waals surface area contributed by atoms with Crippen molar-refractivity contribution in [2.75, 3.05) is 10.6 Å². The van der Waals surface area contributed by atoms with Crippen molar-refractivity contribution in [3.8, 4) is 5.75 Å². The number of rotatable bonds is 2. The van der Waals surface area contributed by atoms with Crippen LogP contribution in [0.5, 0.6) is 5.75 Å². The maximum absolute atomic E-state index is 12.5. The number of ether oxygens (including phenoxy) is 1. The number of fused-ring (bicyclic) bond motifs is 1. The minimum Gasteiger partial charge on any atom is -0.478 e. The van der Waals surface area contributed by atoms with Crippen LogP contribution in [0.1, 0.15) is 27.9 Å². The van der Waals surface area contributed by atoms with Gasteiger partial charge in [0.25, 0.3) is 11.8 Å². The van der Waals surface area contributed by atoms with E-state index in [4.69, 9.17) is 4.74 Å². The fraction of sp³-hybridized carbons (Fsp3) is 0.267. The normalized spacial score (nSPS) is 16.5. The van der Waals surface area contributed by atoms with Gasteiger partial charge >= 0.3 is 0 Å². The minimum atomic E-state index is -0.634. The van der Waals surface area contributed by atoms with E-state index in [1.54, 1.807) is 25.1 Å². The third kappa shape index (κ3) is 2.55. The summed E-state index contributed by atoms with van der Waals surface area (Å²) in [6.45, 7) is 5.49. The quantitative estimate of drug-likeness (QED) is 0.892. The number of hydrogen-bond acceptors (Lipinski definition) is 5. The Balaban J connectivity index is 1.90. The molecule has 1 aliphatic rings. The molecular weight excluding hydrogens is 302 g/mol. The summed E-state index contributed by atoms with van der Waals surface area (Å²) in [6.07, 6.45) is -0.634. The van der Waals surface area contributed by atoms with Crippen LogP contribution < -0.4 is 15.4 Å². The van der Waals surface area contributed by atoms with Gasteiger partial charge in [-0.2, -0.15) is 0 Å². The largest absolute Gasteiger partial charge is 0.478 e. The summed E-state index contributed by atoms with van der Waals surface area (Å²) in [5, 5.41) is 6.04. The van der Waals surface area contributed by atoms with Gasteiger partial charge in [-0.25, -0.2) is 4.98 Å². The van der Waals surface area contributed by atoms with Crippen LogP contribution in [0.4, 0.5) is 10.8 Å². The number of carbonyl (C=O) groups excluding carboxylic acids is 2. The number of para-hydroxylation sites is 1. The van der Waals surface area contributed by atoms with Crippen LogP contribution >= 0.6 is 11.3 Å². The van der Waals surface area contributed by atoms with Crippen molar-refractivity contribution < 1.29 is 14.3 Å². The number of nitrogens with zero attached hydrogens (tertiary/aromatic N) is 1. The standard InChI is InChI=1S/C15H15N3O3S/c1-7-9(3)22-15(16-7)18-14(20)10-5-4-6-11-12(10)21-8(2)13(19)17-11/h4-6,8H,1-3H3,(H,17,19)(H,16,18,20). The number of aryl methyl sites for hydroxylation is 2. The SMILES string of the molecule is Cc1nc(NC(=O)c2cccc3c2OC(C)C(=O)N3)sc1C. The van der Waals surface area contributed by atoms with Gasteiger partial charge in [-0.15, -0.1) is 11.3 Å². The smallest absolute Gasteiger partial charge is 0.265 e. The van der Waals surface area contributed by atoms with Gasteiger partial charge in [0.05, 0.1) is 16.9 Å². The Bertz CT molecular complexity index is 750. The molecule has 0 fully saturated rings. The molecule has 0 spiro atoms. The van der Waals surface area contributed by atoms with Gasteiger partial charge in [0.1, 0.15) is 0 Å². The van der Waals surface area contributed by atoms with Crippen molar-refractivity contribution >= 4 is 34.0 Å². The molecule has 114 valence electrons. The number of hydrogen-bond donors (Lipinski definition) is 2. The highest BCUT2D eigenvalue weighted by atomic mass is 32.1. The zero-order valence-corrected chi connectivity index (χ0v) is 13.2. The first kappa shape index (κ1) is 14.5. The lowest BCUT2D eigenvalue weighted by Gasteiger charge is -2.24. The molecule has 0 saturated carbocycles. The first-order valence-electron chi connectivity index (χ1n) is 6.81. The highest BCUT2D eigenvalue weighted by Gasteiger charge is 2.27. The molecule has 0 radical (unpaired) electrons. The second-order valence-electron chi connectivity index (χ2n) is 5.05. The molecule has 2 amide bonds. The molecule has 2 N–H and O–H groups in total. The predicted molar refractivity (Wildman–Crippen MR) is 84.7 cm³/mol. The summed E-state index contributed by atoms with van der Waals surface area (Å²) in [4.78, 5) is 29.4. The van der Waals surface area contributed by atoms with Gasteiger partial charge in [-0.1, -0.05) is 6.07 Å². The number of anilines is 2. The molecule has 0 bridgehead atoms. The second kappa shape index (κ2) is 5.42. The highest BCUT2D eigenvalue weighted by Crippen LogP contribution is 2.34. The van der Waals surface area contributed by atoms with Gasteiger partial charge in [0, 0.05) is 4.88 Å². The van der Waals surface area contributed by atoms with Crippen molar-refractivity contribution in [1.29, 1.82) is 0 Å². The highest BCUT2D eigenvalue weighted by molar-refractivity contribution is 7.15. The molecular formula is C15H15N3O3S. The van der Waals surface area contributed by atoms with Crippen LogP contribution in [-0.2, 0) is 4.79 Å². The van der Waals surface area contributed by atoms with E-state index < -0.39 is 6.10 Å².